The molecule has 0 atom stereocenters. The maximum absolute atomic E-state index is 5.05. The van der Waals surface area contributed by atoms with Gasteiger partial charge in [0, 0.05) is 10.8 Å². The molecule has 0 unspecified atom stereocenters. The van der Waals surface area contributed by atoms with Gasteiger partial charge in [-0.15, -0.1) is 0 Å². The van der Waals surface area contributed by atoms with Gasteiger partial charge < -0.3 is 0 Å². The summed E-state index contributed by atoms with van der Waals surface area (Å²) in [6.07, 6.45) is 0. The predicted molar refractivity (Wildman–Crippen MR) is 174 cm³/mol. The van der Waals surface area contributed by atoms with Crippen LogP contribution in [0.1, 0.15) is 0 Å². The molecule has 2 heteroatoms. The van der Waals surface area contributed by atoms with Gasteiger partial charge in [-0.3, -0.25) is 4.40 Å². The molecule has 2 nitrogen and oxygen atoms in total. The molecule has 2 heterocycles. The summed E-state index contributed by atoms with van der Waals surface area (Å²) in [5.41, 5.74) is 6.84. The van der Waals surface area contributed by atoms with Crippen molar-refractivity contribution in [2.45, 2.75) is 0 Å². The van der Waals surface area contributed by atoms with E-state index in [0.29, 0.717) is 0 Å². The number of nitrogens with zero attached hydrogens (tertiary/aromatic N) is 2. The molecule has 8 aromatic carbocycles. The van der Waals surface area contributed by atoms with Crippen molar-refractivity contribution in [2.75, 3.05) is 0 Å². The summed E-state index contributed by atoms with van der Waals surface area (Å²) in [7, 11) is 0. The number of fused-ring (bicyclic) bond motifs is 10. The van der Waals surface area contributed by atoms with Gasteiger partial charge in [-0.2, -0.15) is 0 Å². The number of rotatable bonds is 1. The zero-order valence-electron chi connectivity index (χ0n) is 22.1. The molecule has 0 saturated heterocycles. The molecule has 0 amide bonds. The van der Waals surface area contributed by atoms with Crippen molar-refractivity contribution in [3.05, 3.63) is 133 Å². The highest BCUT2D eigenvalue weighted by Gasteiger charge is 2.17. The second-order valence-corrected chi connectivity index (χ2v) is 11.1. The number of hydrogen-bond acceptors (Lipinski definition) is 1. The Morgan fingerprint density at radius 2 is 1.07 bits per heavy atom. The Morgan fingerprint density at radius 3 is 1.93 bits per heavy atom. The van der Waals surface area contributed by atoms with Crippen LogP contribution in [0.5, 0.6) is 0 Å². The van der Waals surface area contributed by atoms with E-state index in [0.717, 1.165) is 16.7 Å². The van der Waals surface area contributed by atoms with Crippen molar-refractivity contribution >= 4 is 81.4 Å². The molecule has 188 valence electrons. The highest BCUT2D eigenvalue weighted by Crippen LogP contribution is 2.43. The molecule has 0 spiro atoms. The Bertz CT molecular complexity index is 2640. The van der Waals surface area contributed by atoms with E-state index in [1.807, 2.05) is 0 Å². The van der Waals surface area contributed by atoms with Crippen molar-refractivity contribution < 1.29 is 0 Å². The second-order valence-electron chi connectivity index (χ2n) is 11.1. The Labute approximate surface area is 235 Å². The quantitative estimate of drug-likeness (QED) is 0.156. The summed E-state index contributed by atoms with van der Waals surface area (Å²) < 4.78 is 2.33. The fraction of sp³-hybridized carbons (Fsp3) is 0. The van der Waals surface area contributed by atoms with E-state index in [2.05, 4.69) is 138 Å². The highest BCUT2D eigenvalue weighted by molar-refractivity contribution is 6.34. The summed E-state index contributed by atoms with van der Waals surface area (Å²) in [6, 6.07) is 48.9. The summed E-state index contributed by atoms with van der Waals surface area (Å²) in [5, 5.41) is 14.2. The van der Waals surface area contributed by atoms with Crippen molar-refractivity contribution in [1.82, 2.24) is 9.38 Å². The predicted octanol–water partition coefficient (Wildman–Crippen LogP) is 10.5. The largest absolute Gasteiger partial charge is 0.292 e. The molecule has 0 aliphatic rings. The van der Waals surface area contributed by atoms with Crippen molar-refractivity contribution in [3.8, 4) is 11.1 Å². The second kappa shape index (κ2) is 7.59. The molecule has 0 aliphatic heterocycles. The number of para-hydroxylation sites is 2. The van der Waals surface area contributed by atoms with E-state index >= 15 is 0 Å². The summed E-state index contributed by atoms with van der Waals surface area (Å²) in [6.45, 7) is 0. The van der Waals surface area contributed by atoms with Crippen LogP contribution in [0.2, 0.25) is 0 Å². The van der Waals surface area contributed by atoms with Crippen LogP contribution < -0.4 is 0 Å². The molecule has 0 saturated carbocycles. The van der Waals surface area contributed by atoms with Gasteiger partial charge in [0.1, 0.15) is 5.65 Å². The molecular formula is C39H22N2. The van der Waals surface area contributed by atoms with E-state index in [1.54, 1.807) is 0 Å². The normalized spacial score (nSPS) is 12.4. The minimum Gasteiger partial charge on any atom is -0.292 e. The highest BCUT2D eigenvalue weighted by atomic mass is 15.0. The number of aromatic nitrogens is 2. The molecule has 0 radical (unpaired) electrons. The summed E-state index contributed by atoms with van der Waals surface area (Å²) >= 11 is 0. The number of benzene rings is 8. The van der Waals surface area contributed by atoms with Gasteiger partial charge in [-0.05, 0) is 83.9 Å². The van der Waals surface area contributed by atoms with Crippen LogP contribution in [0.15, 0.2) is 133 Å². The van der Waals surface area contributed by atoms with E-state index in [9.17, 15) is 0 Å². The van der Waals surface area contributed by atoms with Gasteiger partial charge >= 0.3 is 0 Å². The average Bonchev–Trinajstić information content (AvgIpc) is 3.43. The molecular weight excluding hydrogens is 496 g/mol. The third-order valence-corrected chi connectivity index (χ3v) is 9.09. The van der Waals surface area contributed by atoms with Crippen molar-refractivity contribution in [2.24, 2.45) is 0 Å². The van der Waals surface area contributed by atoms with Crippen LogP contribution in [0.4, 0.5) is 0 Å². The fourth-order valence-corrected chi connectivity index (χ4v) is 7.38. The van der Waals surface area contributed by atoms with E-state index in [-0.39, 0.29) is 0 Å². The monoisotopic (exact) mass is 518 g/mol. The third-order valence-electron chi connectivity index (χ3n) is 9.09. The minimum atomic E-state index is 1.01. The lowest BCUT2D eigenvalue weighted by molar-refractivity contribution is 1.31. The Kier molecular flexibility index (Phi) is 3.95. The first-order valence-corrected chi connectivity index (χ1v) is 14.2. The van der Waals surface area contributed by atoms with Crippen LogP contribution in [-0.4, -0.2) is 9.38 Å². The number of hydrogen-bond donors (Lipinski definition) is 0. The maximum Gasteiger partial charge on any atom is 0.146 e. The van der Waals surface area contributed by atoms with Crippen molar-refractivity contribution in [1.29, 1.82) is 0 Å². The van der Waals surface area contributed by atoms with E-state index in [1.165, 1.54) is 75.9 Å². The lowest BCUT2D eigenvalue weighted by atomic mass is 9.87. The summed E-state index contributed by atoms with van der Waals surface area (Å²) in [4.78, 5) is 5.05. The minimum absolute atomic E-state index is 1.01. The molecule has 10 rings (SSSR count). The number of imidazole rings is 1. The Hall–Kier alpha value is -5.47. The maximum atomic E-state index is 5.05. The Morgan fingerprint density at radius 1 is 0.415 bits per heavy atom. The number of pyridine rings is 1. The first-order chi connectivity index (χ1) is 20.3. The molecule has 0 bridgehead atoms. The first kappa shape index (κ1) is 21.4. The van der Waals surface area contributed by atoms with Crippen LogP contribution in [-0.2, 0) is 0 Å². The van der Waals surface area contributed by atoms with Gasteiger partial charge in [0.05, 0.1) is 16.6 Å². The average molecular weight is 519 g/mol. The Balaban J connectivity index is 1.34. The van der Waals surface area contributed by atoms with Gasteiger partial charge in [-0.1, -0.05) is 109 Å². The molecule has 2 aromatic heterocycles. The molecule has 0 fully saturated rings. The molecule has 0 N–H and O–H groups in total. The van der Waals surface area contributed by atoms with Crippen LogP contribution in [0.3, 0.4) is 0 Å². The van der Waals surface area contributed by atoms with Gasteiger partial charge in [-0.25, -0.2) is 4.98 Å². The van der Waals surface area contributed by atoms with Crippen LogP contribution in [0, 0.1) is 0 Å². The van der Waals surface area contributed by atoms with Crippen LogP contribution >= 0.6 is 0 Å². The zero-order chi connectivity index (χ0) is 26.7. The zero-order valence-corrected chi connectivity index (χ0v) is 22.1. The van der Waals surface area contributed by atoms with Crippen molar-refractivity contribution in [3.63, 3.8) is 0 Å². The lowest BCUT2D eigenvalue weighted by Gasteiger charge is -2.17. The third kappa shape index (κ3) is 2.69. The van der Waals surface area contributed by atoms with Gasteiger partial charge in [0.25, 0.3) is 0 Å². The van der Waals surface area contributed by atoms with E-state index in [4.69, 9.17) is 4.98 Å². The molecule has 41 heavy (non-hydrogen) atoms. The lowest BCUT2D eigenvalue weighted by Crippen LogP contribution is -1.93. The first-order valence-electron chi connectivity index (χ1n) is 14.2. The SMILES string of the molecule is c1ccc2c(c1)nc1c3ccccc3c3cc(-c4ccc5c6cccc7cccc(c8cccc4c85)c76)ccc3n21. The topological polar surface area (TPSA) is 17.3 Å². The fourth-order valence-electron chi connectivity index (χ4n) is 7.38. The standard InChI is InChI=1S/C39H22N2/c1-2-11-32-26(10-1)33-22-24(18-21-35(33)41-36-17-4-3-16-34(36)40-39(32)41)25-19-20-31-29-13-6-9-23-8-5-12-28(37(23)29)30-15-7-14-27(25)38(30)31/h1-22H. The smallest absolute Gasteiger partial charge is 0.146 e. The van der Waals surface area contributed by atoms with E-state index < -0.39 is 0 Å². The van der Waals surface area contributed by atoms with Crippen LogP contribution in [0.25, 0.3) is 92.6 Å². The van der Waals surface area contributed by atoms with Gasteiger partial charge in [0.2, 0.25) is 0 Å². The van der Waals surface area contributed by atoms with Gasteiger partial charge in [0.15, 0.2) is 0 Å². The summed E-state index contributed by atoms with van der Waals surface area (Å²) in [5.74, 6) is 0. The molecule has 10 aromatic rings. The molecule has 0 aliphatic carbocycles.